The van der Waals surface area contributed by atoms with Gasteiger partial charge < -0.3 is 10.0 Å². The molecule has 2 atom stereocenters. The van der Waals surface area contributed by atoms with Crippen molar-refractivity contribution in [3.8, 4) is 0 Å². The summed E-state index contributed by atoms with van der Waals surface area (Å²) in [7, 11) is 0. The van der Waals surface area contributed by atoms with Gasteiger partial charge in [0, 0.05) is 20.8 Å². The summed E-state index contributed by atoms with van der Waals surface area (Å²) in [6.45, 7) is 0.989. The van der Waals surface area contributed by atoms with Crippen LogP contribution in [0.15, 0.2) is 42.5 Å². The van der Waals surface area contributed by atoms with Crippen molar-refractivity contribution in [1.29, 1.82) is 0 Å². The van der Waals surface area contributed by atoms with Gasteiger partial charge in [-0.2, -0.15) is 0 Å². The quantitative estimate of drug-likeness (QED) is 0.810. The van der Waals surface area contributed by atoms with Crippen LogP contribution in [0.2, 0.25) is 0 Å². The van der Waals surface area contributed by atoms with Crippen molar-refractivity contribution in [2.75, 3.05) is 6.54 Å². The molecule has 1 heterocycles. The average molecular weight is 274 g/mol. The van der Waals surface area contributed by atoms with Crippen LogP contribution in [0.5, 0.6) is 0 Å². The fourth-order valence-corrected chi connectivity index (χ4v) is 2.60. The van der Waals surface area contributed by atoms with Gasteiger partial charge in [-0.3, -0.25) is 4.79 Å². The predicted octanol–water partition coefficient (Wildman–Crippen LogP) is 2.55. The minimum Gasteiger partial charge on any atom is -0.389 e. The number of likely N-dealkylation sites (tertiary alicyclic amines) is 1. The van der Waals surface area contributed by atoms with E-state index in [-0.39, 0.29) is 11.9 Å². The number of aliphatic hydroxyl groups excluding tert-OH is 1. The van der Waals surface area contributed by atoms with Crippen LogP contribution in [-0.4, -0.2) is 34.6 Å². The third kappa shape index (κ3) is 3.94. The maximum absolute atomic E-state index is 11.8. The summed E-state index contributed by atoms with van der Waals surface area (Å²) < 4.78 is 7.20. The van der Waals surface area contributed by atoms with E-state index in [1.165, 1.54) is 0 Å². The summed E-state index contributed by atoms with van der Waals surface area (Å²) >= 11 is 0. The number of hydrogen-bond donors (Lipinski definition) is 1. The molecule has 0 aliphatic carbocycles. The van der Waals surface area contributed by atoms with Gasteiger partial charge >= 0.3 is 0 Å². The Morgan fingerprint density at radius 2 is 2.30 bits per heavy atom. The molecule has 1 aliphatic rings. The lowest BCUT2D eigenvalue weighted by Crippen LogP contribution is -2.32. The Labute approximate surface area is 122 Å². The van der Waals surface area contributed by atoms with Gasteiger partial charge in [-0.25, -0.2) is 0 Å². The van der Waals surface area contributed by atoms with E-state index in [0.29, 0.717) is 32.7 Å². The van der Waals surface area contributed by atoms with Gasteiger partial charge in [-0.1, -0.05) is 49.4 Å². The van der Waals surface area contributed by atoms with Gasteiger partial charge in [-0.15, -0.1) is 0 Å². The molecule has 1 aliphatic heterocycles. The van der Waals surface area contributed by atoms with E-state index in [0.717, 1.165) is 12.0 Å². The van der Waals surface area contributed by atoms with Crippen molar-refractivity contribution in [2.24, 2.45) is 0 Å². The number of benzene rings is 1. The monoisotopic (exact) mass is 274 g/mol. The molecule has 0 spiro atoms. The molecule has 2 rings (SSSR count). The number of aliphatic hydroxyl groups is 1. The number of carbonyl (C=O) groups is 1. The Morgan fingerprint density at radius 3 is 3.05 bits per heavy atom. The molecule has 1 aromatic carbocycles. The number of nitrogens with zero attached hydrogens (tertiary/aromatic N) is 1. The lowest BCUT2D eigenvalue weighted by atomic mass is 10.1. The number of amides is 1. The highest BCUT2D eigenvalue weighted by molar-refractivity contribution is 5.79. The molecule has 108 valence electrons. The molecule has 1 aromatic rings. The van der Waals surface area contributed by atoms with E-state index in [1.54, 1.807) is 6.08 Å². The molecule has 1 saturated heterocycles. The molecule has 0 bridgehead atoms. The number of rotatable bonds is 6. The Bertz CT molecular complexity index is 475. The minimum atomic E-state index is -0.527. The highest BCUT2D eigenvalue weighted by Gasteiger charge is 2.28. The summed E-state index contributed by atoms with van der Waals surface area (Å²) in [6, 6.07) is 9.95. The molecule has 3 nitrogen and oxygen atoms in total. The van der Waals surface area contributed by atoms with Crippen LogP contribution >= 0.6 is 0 Å². The van der Waals surface area contributed by atoms with E-state index < -0.39 is 6.10 Å². The minimum absolute atomic E-state index is 0.0782. The first-order valence-electron chi connectivity index (χ1n) is 7.90. The molecule has 1 N–H and O–H groups in total. The summed E-state index contributed by atoms with van der Waals surface area (Å²) in [5.41, 5.74) is 1.10. The Balaban J connectivity index is 1.88. The van der Waals surface area contributed by atoms with Crippen LogP contribution in [0.3, 0.4) is 0 Å². The van der Waals surface area contributed by atoms with Gasteiger partial charge in [0.1, 0.15) is 0 Å². The van der Waals surface area contributed by atoms with Crippen LogP contribution in [0.4, 0.5) is 0 Å². The molecular weight excluding hydrogens is 250 g/mol. The second-order valence-electron chi connectivity index (χ2n) is 5.19. The predicted molar refractivity (Wildman–Crippen MR) is 80.3 cm³/mol. The standard InChI is InChI=1S/C17H23NO2/c1-2-12-18-15(9-11-17(18)20)8-10-16(19)13-14-6-4-3-5-7-14/h3-8,10,15-16,19H,2,9,11-13H2,1H3/t15-,16?/m0/s1/i1D. The lowest BCUT2D eigenvalue weighted by Gasteiger charge is -2.21. The van der Waals surface area contributed by atoms with E-state index in [1.807, 2.05) is 41.3 Å². The molecule has 1 unspecified atom stereocenters. The average Bonchev–Trinajstić information content (AvgIpc) is 2.84. The molecule has 0 radical (unpaired) electrons. The zero-order valence-corrected chi connectivity index (χ0v) is 11.7. The van der Waals surface area contributed by atoms with E-state index in [9.17, 15) is 9.90 Å². The van der Waals surface area contributed by atoms with E-state index >= 15 is 0 Å². The van der Waals surface area contributed by atoms with Crippen molar-refractivity contribution in [2.45, 2.75) is 44.7 Å². The highest BCUT2D eigenvalue weighted by Crippen LogP contribution is 2.20. The first kappa shape index (κ1) is 13.4. The van der Waals surface area contributed by atoms with Crippen molar-refractivity contribution in [1.82, 2.24) is 4.90 Å². The third-order valence-corrected chi connectivity index (χ3v) is 3.62. The Kier molecular flexibility index (Phi) is 4.85. The second kappa shape index (κ2) is 7.25. The van der Waals surface area contributed by atoms with Crippen molar-refractivity contribution >= 4 is 5.91 Å². The van der Waals surface area contributed by atoms with Crippen LogP contribution < -0.4 is 0 Å². The van der Waals surface area contributed by atoms with Gasteiger partial charge in [0.2, 0.25) is 5.91 Å². The van der Waals surface area contributed by atoms with E-state index in [4.69, 9.17) is 1.37 Å². The molecule has 0 saturated carbocycles. The first-order valence-corrected chi connectivity index (χ1v) is 7.19. The van der Waals surface area contributed by atoms with Crippen LogP contribution in [0.1, 0.15) is 33.1 Å². The van der Waals surface area contributed by atoms with E-state index in [2.05, 4.69) is 0 Å². The Morgan fingerprint density at radius 1 is 1.50 bits per heavy atom. The van der Waals surface area contributed by atoms with Crippen LogP contribution in [-0.2, 0) is 11.2 Å². The largest absolute Gasteiger partial charge is 0.389 e. The van der Waals surface area contributed by atoms with Crippen molar-refractivity contribution in [3.63, 3.8) is 0 Å². The van der Waals surface area contributed by atoms with Gasteiger partial charge in [0.05, 0.1) is 12.1 Å². The first-order chi connectivity index (χ1) is 10.2. The summed E-state index contributed by atoms with van der Waals surface area (Å²) in [4.78, 5) is 13.6. The maximum Gasteiger partial charge on any atom is 0.223 e. The Hall–Kier alpha value is -1.61. The summed E-state index contributed by atoms with van der Waals surface area (Å²) in [5, 5.41) is 10.1. The lowest BCUT2D eigenvalue weighted by molar-refractivity contribution is -0.128. The van der Waals surface area contributed by atoms with Crippen molar-refractivity contribution < 1.29 is 11.3 Å². The molecular formula is C17H23NO2. The molecule has 0 aromatic heterocycles. The smallest absolute Gasteiger partial charge is 0.223 e. The van der Waals surface area contributed by atoms with Gasteiger partial charge in [-0.05, 0) is 18.4 Å². The molecule has 3 heteroatoms. The van der Waals surface area contributed by atoms with Crippen LogP contribution in [0.25, 0.3) is 0 Å². The second-order valence-corrected chi connectivity index (χ2v) is 5.19. The van der Waals surface area contributed by atoms with Gasteiger partial charge in [0.25, 0.3) is 0 Å². The molecule has 1 fully saturated rings. The fourth-order valence-electron chi connectivity index (χ4n) is 2.60. The maximum atomic E-state index is 11.8. The molecule has 20 heavy (non-hydrogen) atoms. The normalized spacial score (nSPS) is 21.4. The SMILES string of the molecule is [2H]CCCN1C(=O)CC[C@@H]1C=CC(O)Cc1ccccc1. The van der Waals surface area contributed by atoms with Crippen LogP contribution in [0, 0.1) is 0 Å². The topological polar surface area (TPSA) is 40.5 Å². The summed E-state index contributed by atoms with van der Waals surface area (Å²) in [6.07, 6.45) is 5.90. The summed E-state index contributed by atoms with van der Waals surface area (Å²) in [5.74, 6) is 0.163. The fraction of sp³-hybridized carbons (Fsp3) is 0.471. The van der Waals surface area contributed by atoms with Gasteiger partial charge in [0.15, 0.2) is 0 Å². The number of carbonyl (C=O) groups excluding carboxylic acids is 1. The molecule has 1 amide bonds. The zero-order chi connectivity index (χ0) is 15.1. The zero-order valence-electron chi connectivity index (χ0n) is 12.7. The third-order valence-electron chi connectivity index (χ3n) is 3.62. The highest BCUT2D eigenvalue weighted by atomic mass is 16.3. The number of hydrogen-bond acceptors (Lipinski definition) is 2. The van der Waals surface area contributed by atoms with Crippen molar-refractivity contribution in [3.05, 3.63) is 48.0 Å².